The molecule has 0 amide bonds. The van der Waals surface area contributed by atoms with Gasteiger partial charge in [-0.3, -0.25) is 4.98 Å². The molecule has 0 aliphatic rings. The Balaban J connectivity index is 2.31. The van der Waals surface area contributed by atoms with Crippen molar-refractivity contribution >= 4 is 11.6 Å². The van der Waals surface area contributed by atoms with E-state index >= 15 is 0 Å². The molecular formula is C12H18ClNO. The van der Waals surface area contributed by atoms with Crippen molar-refractivity contribution in [3.05, 3.63) is 29.6 Å². The van der Waals surface area contributed by atoms with Crippen LogP contribution in [0.25, 0.3) is 0 Å². The number of rotatable bonds is 6. The molecule has 0 aromatic carbocycles. The molecule has 0 saturated heterocycles. The molecule has 84 valence electrons. The molecule has 0 saturated carbocycles. The van der Waals surface area contributed by atoms with Gasteiger partial charge in [0.25, 0.3) is 0 Å². The van der Waals surface area contributed by atoms with Gasteiger partial charge in [-0.05, 0) is 31.9 Å². The highest BCUT2D eigenvalue weighted by Crippen LogP contribution is 2.10. The van der Waals surface area contributed by atoms with Crippen LogP contribution in [0.3, 0.4) is 0 Å². The summed E-state index contributed by atoms with van der Waals surface area (Å²) in [6.45, 7) is 5.51. The maximum atomic E-state index is 6.17. The second-order valence-corrected chi connectivity index (χ2v) is 4.23. The molecule has 0 spiro atoms. The van der Waals surface area contributed by atoms with Crippen LogP contribution in [-0.2, 0) is 11.2 Å². The minimum Gasteiger partial charge on any atom is -0.382 e. The summed E-state index contributed by atoms with van der Waals surface area (Å²) < 4.78 is 5.26. The lowest BCUT2D eigenvalue weighted by Gasteiger charge is -2.08. The van der Waals surface area contributed by atoms with Gasteiger partial charge in [-0.1, -0.05) is 6.07 Å². The summed E-state index contributed by atoms with van der Waals surface area (Å²) in [5.41, 5.74) is 2.23. The van der Waals surface area contributed by atoms with Gasteiger partial charge in [-0.15, -0.1) is 11.6 Å². The number of ether oxygens (including phenoxy) is 1. The van der Waals surface area contributed by atoms with E-state index in [2.05, 4.69) is 11.1 Å². The quantitative estimate of drug-likeness (QED) is 0.551. The maximum absolute atomic E-state index is 6.17. The minimum atomic E-state index is 0.117. The van der Waals surface area contributed by atoms with E-state index in [9.17, 15) is 0 Å². The Hall–Kier alpha value is -0.600. The van der Waals surface area contributed by atoms with Crippen molar-refractivity contribution in [3.8, 4) is 0 Å². The lowest BCUT2D eigenvalue weighted by molar-refractivity contribution is 0.144. The zero-order chi connectivity index (χ0) is 11.1. The molecule has 0 fully saturated rings. The minimum absolute atomic E-state index is 0.117. The standard InChI is InChI=1S/C12H18ClNO/c1-3-15-7-6-11(13)8-12-5-4-10(2)9-14-12/h4-5,9,11H,3,6-8H2,1-2H3. The van der Waals surface area contributed by atoms with E-state index in [-0.39, 0.29) is 5.38 Å². The van der Waals surface area contributed by atoms with Gasteiger partial charge in [-0.2, -0.15) is 0 Å². The van der Waals surface area contributed by atoms with Gasteiger partial charge in [0, 0.05) is 36.9 Å². The molecule has 1 unspecified atom stereocenters. The summed E-state index contributed by atoms with van der Waals surface area (Å²) in [5, 5.41) is 0.117. The topological polar surface area (TPSA) is 22.1 Å². The van der Waals surface area contributed by atoms with Crippen molar-refractivity contribution in [2.75, 3.05) is 13.2 Å². The second-order valence-electron chi connectivity index (χ2n) is 3.61. The third-order valence-corrected chi connectivity index (χ3v) is 2.56. The highest BCUT2D eigenvalue weighted by molar-refractivity contribution is 6.20. The van der Waals surface area contributed by atoms with Crippen LogP contribution in [0, 0.1) is 6.92 Å². The van der Waals surface area contributed by atoms with Crippen molar-refractivity contribution in [1.29, 1.82) is 0 Å². The van der Waals surface area contributed by atoms with E-state index in [1.807, 2.05) is 26.1 Å². The number of pyridine rings is 1. The van der Waals surface area contributed by atoms with E-state index < -0.39 is 0 Å². The number of aromatic nitrogens is 1. The van der Waals surface area contributed by atoms with E-state index in [0.717, 1.165) is 31.7 Å². The van der Waals surface area contributed by atoms with Gasteiger partial charge in [0.2, 0.25) is 0 Å². The molecular weight excluding hydrogens is 210 g/mol. The monoisotopic (exact) mass is 227 g/mol. The summed E-state index contributed by atoms with van der Waals surface area (Å²) in [6.07, 6.45) is 3.57. The van der Waals surface area contributed by atoms with Crippen LogP contribution in [0.5, 0.6) is 0 Å². The molecule has 0 N–H and O–H groups in total. The van der Waals surface area contributed by atoms with Crippen molar-refractivity contribution < 1.29 is 4.74 Å². The summed E-state index contributed by atoms with van der Waals surface area (Å²) in [5.74, 6) is 0. The molecule has 15 heavy (non-hydrogen) atoms. The Labute approximate surface area is 96.6 Å². The predicted octanol–water partition coefficient (Wildman–Crippen LogP) is 2.97. The highest BCUT2D eigenvalue weighted by atomic mass is 35.5. The summed E-state index contributed by atoms with van der Waals surface area (Å²) in [7, 11) is 0. The average Bonchev–Trinajstić information content (AvgIpc) is 2.22. The highest BCUT2D eigenvalue weighted by Gasteiger charge is 2.06. The zero-order valence-electron chi connectivity index (χ0n) is 9.37. The Bertz CT molecular complexity index is 273. The van der Waals surface area contributed by atoms with Gasteiger partial charge < -0.3 is 4.74 Å². The largest absolute Gasteiger partial charge is 0.382 e. The van der Waals surface area contributed by atoms with Crippen LogP contribution < -0.4 is 0 Å². The van der Waals surface area contributed by atoms with Gasteiger partial charge >= 0.3 is 0 Å². The molecule has 0 aliphatic carbocycles. The van der Waals surface area contributed by atoms with Gasteiger partial charge in [-0.25, -0.2) is 0 Å². The van der Waals surface area contributed by atoms with Crippen LogP contribution in [-0.4, -0.2) is 23.6 Å². The van der Waals surface area contributed by atoms with E-state index in [1.54, 1.807) is 0 Å². The Morgan fingerprint density at radius 2 is 2.27 bits per heavy atom. The molecule has 1 aromatic heterocycles. The summed E-state index contributed by atoms with van der Waals surface area (Å²) in [4.78, 5) is 4.32. The van der Waals surface area contributed by atoms with Crippen LogP contribution in [0.1, 0.15) is 24.6 Å². The fourth-order valence-corrected chi connectivity index (χ4v) is 1.55. The number of halogens is 1. The van der Waals surface area contributed by atoms with E-state index in [0.29, 0.717) is 0 Å². The average molecular weight is 228 g/mol. The lowest BCUT2D eigenvalue weighted by Crippen LogP contribution is -2.08. The second kappa shape index (κ2) is 6.81. The molecule has 1 aromatic rings. The Morgan fingerprint density at radius 3 is 2.87 bits per heavy atom. The van der Waals surface area contributed by atoms with Gasteiger partial charge in [0.1, 0.15) is 0 Å². The Kier molecular flexibility index (Phi) is 5.66. The third-order valence-electron chi connectivity index (χ3n) is 2.18. The first-order valence-corrected chi connectivity index (χ1v) is 5.79. The van der Waals surface area contributed by atoms with Crippen molar-refractivity contribution in [3.63, 3.8) is 0 Å². The van der Waals surface area contributed by atoms with Crippen LogP contribution in [0.15, 0.2) is 18.3 Å². The zero-order valence-corrected chi connectivity index (χ0v) is 10.1. The number of hydrogen-bond acceptors (Lipinski definition) is 2. The Morgan fingerprint density at radius 1 is 1.47 bits per heavy atom. The van der Waals surface area contributed by atoms with Crippen molar-refractivity contribution in [1.82, 2.24) is 4.98 Å². The predicted molar refractivity (Wildman–Crippen MR) is 63.4 cm³/mol. The van der Waals surface area contributed by atoms with Crippen molar-refractivity contribution in [2.45, 2.75) is 32.1 Å². The first kappa shape index (κ1) is 12.5. The molecule has 1 heterocycles. The SMILES string of the molecule is CCOCCC(Cl)Cc1ccc(C)cn1. The van der Waals surface area contributed by atoms with Crippen molar-refractivity contribution in [2.24, 2.45) is 0 Å². The molecule has 1 rings (SSSR count). The normalized spacial score (nSPS) is 12.7. The number of aryl methyl sites for hydroxylation is 1. The fourth-order valence-electron chi connectivity index (χ4n) is 1.30. The number of alkyl halides is 1. The summed E-state index contributed by atoms with van der Waals surface area (Å²) >= 11 is 6.17. The van der Waals surface area contributed by atoms with Crippen LogP contribution in [0.2, 0.25) is 0 Å². The maximum Gasteiger partial charge on any atom is 0.0480 e. The molecule has 0 bridgehead atoms. The van der Waals surface area contributed by atoms with E-state index in [4.69, 9.17) is 16.3 Å². The van der Waals surface area contributed by atoms with Gasteiger partial charge in [0.15, 0.2) is 0 Å². The molecule has 2 nitrogen and oxygen atoms in total. The number of nitrogens with zero attached hydrogens (tertiary/aromatic N) is 1. The fraction of sp³-hybridized carbons (Fsp3) is 0.583. The molecule has 0 aliphatic heterocycles. The third kappa shape index (κ3) is 5.14. The number of hydrogen-bond donors (Lipinski definition) is 0. The summed E-state index contributed by atoms with van der Waals surface area (Å²) in [6, 6.07) is 4.10. The smallest absolute Gasteiger partial charge is 0.0480 e. The first-order valence-electron chi connectivity index (χ1n) is 5.35. The van der Waals surface area contributed by atoms with Gasteiger partial charge in [0.05, 0.1) is 0 Å². The van der Waals surface area contributed by atoms with Crippen LogP contribution >= 0.6 is 11.6 Å². The first-order chi connectivity index (χ1) is 7.22. The van der Waals surface area contributed by atoms with Crippen LogP contribution in [0.4, 0.5) is 0 Å². The molecule has 0 radical (unpaired) electrons. The van der Waals surface area contributed by atoms with E-state index in [1.165, 1.54) is 5.56 Å². The lowest BCUT2D eigenvalue weighted by atomic mass is 10.1. The molecule has 3 heteroatoms. The molecule has 1 atom stereocenters.